The molecular formula is C15H30N4O2. The lowest BCUT2D eigenvalue weighted by atomic mass is 10.0. The van der Waals surface area contributed by atoms with E-state index >= 15 is 0 Å². The van der Waals surface area contributed by atoms with Crippen molar-refractivity contribution in [3.8, 4) is 0 Å². The highest BCUT2D eigenvalue weighted by atomic mass is 16.5. The van der Waals surface area contributed by atoms with Gasteiger partial charge in [-0.3, -0.25) is 9.58 Å². The molecule has 2 atom stereocenters. The molecule has 6 nitrogen and oxygen atoms in total. The second-order valence-corrected chi connectivity index (χ2v) is 5.34. The van der Waals surface area contributed by atoms with E-state index < -0.39 is 0 Å². The van der Waals surface area contributed by atoms with Crippen molar-refractivity contribution in [1.29, 1.82) is 0 Å². The maximum Gasteiger partial charge on any atom is 0.0670 e. The lowest BCUT2D eigenvalue weighted by Crippen LogP contribution is -2.44. The minimum Gasteiger partial charge on any atom is -0.383 e. The van der Waals surface area contributed by atoms with Gasteiger partial charge in [0.15, 0.2) is 0 Å². The standard InChI is InChI=1S/C15H30N4O2/c1-6-14-13(10-18(3)17-14)15(9-16)19(7-8-20-4)12(2)11-21-5/h10,12,15H,6-9,11,16H2,1-5H3. The summed E-state index contributed by atoms with van der Waals surface area (Å²) < 4.78 is 12.4. The summed E-state index contributed by atoms with van der Waals surface area (Å²) in [7, 11) is 5.40. The van der Waals surface area contributed by atoms with Crippen molar-refractivity contribution < 1.29 is 9.47 Å². The first-order valence-corrected chi connectivity index (χ1v) is 7.55. The third-order valence-corrected chi connectivity index (χ3v) is 3.78. The number of nitrogens with zero attached hydrogens (tertiary/aromatic N) is 3. The zero-order valence-corrected chi connectivity index (χ0v) is 14.0. The smallest absolute Gasteiger partial charge is 0.0670 e. The van der Waals surface area contributed by atoms with Crippen molar-refractivity contribution in [2.45, 2.75) is 32.4 Å². The molecule has 2 N–H and O–H groups in total. The van der Waals surface area contributed by atoms with Gasteiger partial charge < -0.3 is 15.2 Å². The SMILES string of the molecule is CCc1nn(C)cc1C(CN)N(CCOC)C(C)COC. The summed E-state index contributed by atoms with van der Waals surface area (Å²) in [6.45, 7) is 6.99. The van der Waals surface area contributed by atoms with Crippen LogP contribution in [0.3, 0.4) is 0 Å². The molecule has 0 aliphatic heterocycles. The number of methoxy groups -OCH3 is 2. The third-order valence-electron chi connectivity index (χ3n) is 3.78. The molecule has 6 heteroatoms. The fourth-order valence-corrected chi connectivity index (χ4v) is 2.76. The van der Waals surface area contributed by atoms with E-state index in [1.54, 1.807) is 14.2 Å². The van der Waals surface area contributed by atoms with Gasteiger partial charge in [0.25, 0.3) is 0 Å². The van der Waals surface area contributed by atoms with Gasteiger partial charge in [0, 0.05) is 52.2 Å². The number of ether oxygens (including phenoxy) is 2. The van der Waals surface area contributed by atoms with Crippen molar-refractivity contribution in [3.63, 3.8) is 0 Å². The number of nitrogens with two attached hydrogens (primary N) is 1. The molecule has 1 aromatic rings. The molecular weight excluding hydrogens is 268 g/mol. The molecule has 0 amide bonds. The molecule has 1 rings (SSSR count). The van der Waals surface area contributed by atoms with E-state index in [0.29, 0.717) is 19.8 Å². The Bertz CT molecular complexity index is 408. The van der Waals surface area contributed by atoms with Gasteiger partial charge in [0.1, 0.15) is 0 Å². The van der Waals surface area contributed by atoms with Gasteiger partial charge in [-0.15, -0.1) is 0 Å². The molecule has 0 bridgehead atoms. The number of aromatic nitrogens is 2. The topological polar surface area (TPSA) is 65.5 Å². The average molecular weight is 298 g/mol. The van der Waals surface area contributed by atoms with Crippen LogP contribution < -0.4 is 5.73 Å². The second kappa shape index (κ2) is 9.15. The first-order valence-electron chi connectivity index (χ1n) is 7.55. The van der Waals surface area contributed by atoms with E-state index in [9.17, 15) is 0 Å². The molecule has 0 aliphatic rings. The first-order chi connectivity index (χ1) is 10.1. The van der Waals surface area contributed by atoms with Crippen LogP contribution in [0.15, 0.2) is 6.20 Å². The molecule has 0 aromatic carbocycles. The maximum absolute atomic E-state index is 6.08. The van der Waals surface area contributed by atoms with E-state index in [1.165, 1.54) is 5.56 Å². The second-order valence-electron chi connectivity index (χ2n) is 5.34. The molecule has 0 spiro atoms. The molecule has 122 valence electrons. The lowest BCUT2D eigenvalue weighted by Gasteiger charge is -2.35. The average Bonchev–Trinajstić information content (AvgIpc) is 2.84. The molecule has 0 fully saturated rings. The van der Waals surface area contributed by atoms with Crippen LogP contribution in [0.2, 0.25) is 0 Å². The van der Waals surface area contributed by atoms with Crippen LogP contribution in [0.4, 0.5) is 0 Å². The van der Waals surface area contributed by atoms with Crippen molar-refractivity contribution in [1.82, 2.24) is 14.7 Å². The zero-order chi connectivity index (χ0) is 15.8. The Morgan fingerprint density at radius 1 is 1.38 bits per heavy atom. The Morgan fingerprint density at radius 2 is 2.10 bits per heavy atom. The minimum absolute atomic E-state index is 0.133. The fourth-order valence-electron chi connectivity index (χ4n) is 2.76. The highest BCUT2D eigenvalue weighted by Gasteiger charge is 2.26. The molecule has 1 aromatic heterocycles. The van der Waals surface area contributed by atoms with Gasteiger partial charge in [-0.1, -0.05) is 6.92 Å². The molecule has 21 heavy (non-hydrogen) atoms. The van der Waals surface area contributed by atoms with Gasteiger partial charge in [-0.2, -0.15) is 5.10 Å². The summed E-state index contributed by atoms with van der Waals surface area (Å²) in [6, 6.07) is 0.401. The molecule has 0 radical (unpaired) electrons. The summed E-state index contributed by atoms with van der Waals surface area (Å²) in [5, 5.41) is 4.54. The Hall–Kier alpha value is -0.950. The summed E-state index contributed by atoms with van der Waals surface area (Å²) in [5.41, 5.74) is 8.40. The van der Waals surface area contributed by atoms with Crippen LogP contribution in [0.25, 0.3) is 0 Å². The monoisotopic (exact) mass is 298 g/mol. The van der Waals surface area contributed by atoms with E-state index in [4.69, 9.17) is 15.2 Å². The third kappa shape index (κ3) is 4.78. The highest BCUT2D eigenvalue weighted by Crippen LogP contribution is 2.25. The Labute approximate surface area is 128 Å². The minimum atomic E-state index is 0.133. The predicted molar refractivity (Wildman–Crippen MR) is 84.3 cm³/mol. The van der Waals surface area contributed by atoms with Crippen molar-refractivity contribution >= 4 is 0 Å². The van der Waals surface area contributed by atoms with Gasteiger partial charge in [0.05, 0.1) is 24.9 Å². The molecule has 0 saturated carbocycles. The van der Waals surface area contributed by atoms with Crippen LogP contribution >= 0.6 is 0 Å². The zero-order valence-electron chi connectivity index (χ0n) is 14.0. The molecule has 2 unspecified atom stereocenters. The van der Waals surface area contributed by atoms with E-state index in [2.05, 4.69) is 30.0 Å². The van der Waals surface area contributed by atoms with Crippen LogP contribution in [0.1, 0.15) is 31.1 Å². The van der Waals surface area contributed by atoms with Crippen LogP contribution in [-0.2, 0) is 22.9 Å². The molecule has 0 aliphatic carbocycles. The fraction of sp³-hybridized carbons (Fsp3) is 0.800. The van der Waals surface area contributed by atoms with Crippen molar-refractivity contribution in [2.24, 2.45) is 12.8 Å². The normalized spacial score (nSPS) is 14.6. The van der Waals surface area contributed by atoms with E-state index in [1.807, 2.05) is 11.7 Å². The summed E-state index contributed by atoms with van der Waals surface area (Å²) in [5.74, 6) is 0. The van der Waals surface area contributed by atoms with Crippen molar-refractivity contribution in [3.05, 3.63) is 17.5 Å². The number of hydrogen-bond donors (Lipinski definition) is 1. The van der Waals surface area contributed by atoms with E-state index in [0.717, 1.165) is 18.7 Å². The maximum atomic E-state index is 6.08. The highest BCUT2D eigenvalue weighted by molar-refractivity contribution is 5.22. The summed E-state index contributed by atoms with van der Waals surface area (Å²) in [6.07, 6.45) is 2.99. The van der Waals surface area contributed by atoms with E-state index in [-0.39, 0.29) is 12.1 Å². The Morgan fingerprint density at radius 3 is 2.62 bits per heavy atom. The number of rotatable bonds is 10. The van der Waals surface area contributed by atoms with Gasteiger partial charge in [0.2, 0.25) is 0 Å². The lowest BCUT2D eigenvalue weighted by molar-refractivity contribution is 0.0484. The molecule has 1 heterocycles. The number of hydrogen-bond acceptors (Lipinski definition) is 5. The van der Waals surface area contributed by atoms with Crippen LogP contribution in [0.5, 0.6) is 0 Å². The van der Waals surface area contributed by atoms with Crippen LogP contribution in [0, 0.1) is 0 Å². The van der Waals surface area contributed by atoms with Crippen LogP contribution in [-0.4, -0.2) is 61.2 Å². The quantitative estimate of drug-likeness (QED) is 0.697. The van der Waals surface area contributed by atoms with Gasteiger partial charge in [-0.25, -0.2) is 0 Å². The molecule has 0 saturated heterocycles. The summed E-state index contributed by atoms with van der Waals surface area (Å²) in [4.78, 5) is 2.35. The van der Waals surface area contributed by atoms with Gasteiger partial charge >= 0.3 is 0 Å². The predicted octanol–water partition coefficient (Wildman–Crippen LogP) is 0.966. The van der Waals surface area contributed by atoms with Crippen molar-refractivity contribution in [2.75, 3.05) is 40.5 Å². The Kier molecular flexibility index (Phi) is 7.88. The van der Waals surface area contributed by atoms with Gasteiger partial charge in [-0.05, 0) is 13.3 Å². The Balaban J connectivity index is 3.03. The largest absolute Gasteiger partial charge is 0.383 e. The summed E-state index contributed by atoms with van der Waals surface area (Å²) >= 11 is 0. The number of aryl methyl sites for hydroxylation is 2. The first kappa shape index (κ1) is 18.1.